The molecule has 0 fully saturated rings. The van der Waals surface area contributed by atoms with Crippen molar-refractivity contribution in [3.63, 3.8) is 0 Å². The lowest BCUT2D eigenvalue weighted by Crippen LogP contribution is -2.34. The summed E-state index contributed by atoms with van der Waals surface area (Å²) < 4.78 is 7.28. The van der Waals surface area contributed by atoms with E-state index in [1.165, 1.54) is 5.56 Å². The minimum Gasteiger partial charge on any atom is -0.491 e. The van der Waals surface area contributed by atoms with Gasteiger partial charge in [0.1, 0.15) is 0 Å². The van der Waals surface area contributed by atoms with Crippen LogP contribution in [0.4, 0.5) is 0 Å². The Hall–Kier alpha value is -1.87. The molecule has 94 valence electrons. The van der Waals surface area contributed by atoms with E-state index in [0.29, 0.717) is 0 Å². The van der Waals surface area contributed by atoms with Crippen LogP contribution in [0, 0.1) is 0 Å². The van der Waals surface area contributed by atoms with Crippen LogP contribution in [0.1, 0.15) is 24.2 Å². The molecule has 1 atom stereocenters. The average molecular weight is 244 g/mol. The minimum absolute atomic E-state index is 0.498. The monoisotopic (exact) mass is 244 g/mol. The fraction of sp³-hybridized carbons (Fsp3) is 0.267. The Morgan fingerprint density at radius 1 is 1.22 bits per heavy atom. The van der Waals surface area contributed by atoms with Gasteiger partial charge in [-0.1, -0.05) is 30.3 Å². The van der Waals surface area contributed by atoms with E-state index in [1.54, 1.807) is 14.0 Å². The van der Waals surface area contributed by atoms with E-state index in [0.717, 1.165) is 17.9 Å². The van der Waals surface area contributed by atoms with Crippen LogP contribution in [0.5, 0.6) is 5.75 Å². The first-order chi connectivity index (χ1) is 8.69. The molecular weight excluding hydrogens is 226 g/mol. The van der Waals surface area contributed by atoms with Gasteiger partial charge in [-0.15, -0.1) is 0 Å². The summed E-state index contributed by atoms with van der Waals surface area (Å²) in [6.45, 7) is 2.51. The molecule has 0 aliphatic rings. The number of ether oxygens (including phenoxy) is 1. The Morgan fingerprint density at radius 2 is 1.94 bits per heavy atom. The fourth-order valence-corrected chi connectivity index (χ4v) is 1.86. The number of methoxy groups -OCH3 is 1. The van der Waals surface area contributed by atoms with Crippen molar-refractivity contribution in [2.45, 2.75) is 19.6 Å². The van der Waals surface area contributed by atoms with Crippen molar-refractivity contribution in [1.82, 2.24) is 0 Å². The van der Waals surface area contributed by atoms with Crippen molar-refractivity contribution < 1.29 is 14.4 Å². The van der Waals surface area contributed by atoms with Crippen LogP contribution in [0.15, 0.2) is 48.8 Å². The summed E-state index contributed by atoms with van der Waals surface area (Å²) in [7, 11) is 1.63. The van der Waals surface area contributed by atoms with E-state index in [4.69, 9.17) is 4.74 Å². The molecule has 0 aliphatic carbocycles. The van der Waals surface area contributed by atoms with Crippen molar-refractivity contribution >= 4 is 0 Å². The van der Waals surface area contributed by atoms with Gasteiger partial charge in [0.05, 0.1) is 13.2 Å². The molecule has 0 bridgehead atoms. The molecule has 1 N–H and O–H groups in total. The van der Waals surface area contributed by atoms with Crippen molar-refractivity contribution in [2.75, 3.05) is 7.11 Å². The van der Waals surface area contributed by atoms with Gasteiger partial charge in [-0.25, -0.2) is 0 Å². The molecule has 0 saturated carbocycles. The maximum atomic E-state index is 9.67. The first kappa shape index (κ1) is 12.6. The summed E-state index contributed by atoms with van der Waals surface area (Å²) in [4.78, 5) is 0. The summed E-state index contributed by atoms with van der Waals surface area (Å²) in [5, 5.41) is 9.67. The van der Waals surface area contributed by atoms with E-state index < -0.39 is 6.10 Å². The van der Waals surface area contributed by atoms with Gasteiger partial charge in [-0.3, -0.25) is 0 Å². The molecule has 1 aromatic carbocycles. The average Bonchev–Trinajstić information content (AvgIpc) is 2.39. The maximum Gasteiger partial charge on any atom is 0.211 e. The van der Waals surface area contributed by atoms with Gasteiger partial charge in [-0.2, -0.15) is 4.57 Å². The van der Waals surface area contributed by atoms with Crippen molar-refractivity contribution in [3.8, 4) is 5.75 Å². The van der Waals surface area contributed by atoms with Crippen molar-refractivity contribution in [3.05, 3.63) is 59.9 Å². The lowest BCUT2D eigenvalue weighted by Gasteiger charge is -2.06. The topological polar surface area (TPSA) is 33.3 Å². The van der Waals surface area contributed by atoms with Crippen LogP contribution in [0.25, 0.3) is 0 Å². The Morgan fingerprint density at radius 3 is 2.56 bits per heavy atom. The quantitative estimate of drug-likeness (QED) is 0.835. The molecule has 1 aromatic heterocycles. The third-order valence-electron chi connectivity index (χ3n) is 2.84. The Kier molecular flexibility index (Phi) is 3.95. The maximum absolute atomic E-state index is 9.67. The van der Waals surface area contributed by atoms with Crippen molar-refractivity contribution in [2.24, 2.45) is 0 Å². The van der Waals surface area contributed by atoms with E-state index in [9.17, 15) is 5.11 Å². The van der Waals surface area contributed by atoms with Crippen LogP contribution in [-0.4, -0.2) is 12.2 Å². The standard InChI is InChI=1S/C15H18NO2/c1-12(17)14-8-15(18-2)11-16(10-14)9-13-6-4-3-5-7-13/h3-8,10-12,17H,9H2,1-2H3/q+1/t12-/m1/s1. The second-order valence-corrected chi connectivity index (χ2v) is 4.34. The van der Waals surface area contributed by atoms with Gasteiger partial charge in [0.15, 0.2) is 18.5 Å². The third kappa shape index (κ3) is 3.08. The van der Waals surface area contributed by atoms with E-state index >= 15 is 0 Å². The van der Waals surface area contributed by atoms with Crippen LogP contribution in [-0.2, 0) is 6.54 Å². The highest BCUT2D eigenvalue weighted by molar-refractivity contribution is 5.22. The van der Waals surface area contributed by atoms with Gasteiger partial charge >= 0.3 is 0 Å². The van der Waals surface area contributed by atoms with Gasteiger partial charge in [-0.05, 0) is 13.0 Å². The summed E-state index contributed by atoms with van der Waals surface area (Å²) >= 11 is 0. The molecule has 0 spiro atoms. The molecule has 0 unspecified atom stereocenters. The molecular formula is C15H18NO2+. The van der Waals surface area contributed by atoms with Gasteiger partial charge in [0.2, 0.25) is 6.20 Å². The number of nitrogens with zero attached hydrogens (tertiary/aromatic N) is 1. The smallest absolute Gasteiger partial charge is 0.211 e. The minimum atomic E-state index is -0.498. The number of hydrogen-bond acceptors (Lipinski definition) is 2. The normalized spacial score (nSPS) is 12.2. The molecule has 1 heterocycles. The number of rotatable bonds is 4. The second-order valence-electron chi connectivity index (χ2n) is 4.34. The van der Waals surface area contributed by atoms with Crippen LogP contribution in [0.2, 0.25) is 0 Å². The first-order valence-corrected chi connectivity index (χ1v) is 5.99. The molecule has 2 aromatic rings. The molecule has 0 radical (unpaired) electrons. The zero-order valence-corrected chi connectivity index (χ0v) is 10.7. The van der Waals surface area contributed by atoms with E-state index in [-0.39, 0.29) is 0 Å². The third-order valence-corrected chi connectivity index (χ3v) is 2.84. The molecule has 18 heavy (non-hydrogen) atoms. The molecule has 3 nitrogen and oxygen atoms in total. The Balaban J connectivity index is 2.30. The summed E-state index contributed by atoms with van der Waals surface area (Å²) in [5.41, 5.74) is 2.07. The first-order valence-electron chi connectivity index (χ1n) is 5.99. The number of aromatic nitrogens is 1. The molecule has 0 saturated heterocycles. The Labute approximate surface area is 107 Å². The zero-order valence-electron chi connectivity index (χ0n) is 10.7. The lowest BCUT2D eigenvalue weighted by molar-refractivity contribution is -0.689. The van der Waals surface area contributed by atoms with Gasteiger partial charge < -0.3 is 9.84 Å². The predicted octanol–water partition coefficient (Wildman–Crippen LogP) is 2.08. The van der Waals surface area contributed by atoms with E-state index in [2.05, 4.69) is 12.1 Å². The van der Waals surface area contributed by atoms with Gasteiger partial charge in [0.25, 0.3) is 0 Å². The number of pyridine rings is 1. The highest BCUT2D eigenvalue weighted by Gasteiger charge is 2.12. The molecule has 3 heteroatoms. The number of aliphatic hydroxyl groups excluding tert-OH is 1. The van der Waals surface area contributed by atoms with Crippen molar-refractivity contribution in [1.29, 1.82) is 0 Å². The van der Waals surface area contributed by atoms with Gasteiger partial charge in [0, 0.05) is 11.1 Å². The summed E-state index contributed by atoms with van der Waals surface area (Å²) in [5.74, 6) is 0.754. The predicted molar refractivity (Wildman–Crippen MR) is 69.4 cm³/mol. The molecule has 0 aliphatic heterocycles. The second kappa shape index (κ2) is 5.65. The van der Waals surface area contributed by atoms with Crippen LogP contribution < -0.4 is 9.30 Å². The number of aliphatic hydroxyl groups is 1. The Bertz CT molecular complexity index is 509. The SMILES string of the molecule is COc1cc([C@@H](C)O)c[n+](Cc2ccccc2)c1. The lowest BCUT2D eigenvalue weighted by atomic mass is 10.1. The zero-order chi connectivity index (χ0) is 13.0. The van der Waals surface area contributed by atoms with Crippen LogP contribution >= 0.6 is 0 Å². The highest BCUT2D eigenvalue weighted by Crippen LogP contribution is 2.16. The molecule has 0 amide bonds. The highest BCUT2D eigenvalue weighted by atomic mass is 16.5. The fourth-order valence-electron chi connectivity index (χ4n) is 1.86. The van der Waals surface area contributed by atoms with E-state index in [1.807, 2.05) is 41.2 Å². The molecule has 2 rings (SSSR count). The summed E-state index contributed by atoms with van der Waals surface area (Å²) in [6.07, 6.45) is 3.38. The largest absolute Gasteiger partial charge is 0.491 e. The van der Waals surface area contributed by atoms with Crippen LogP contribution in [0.3, 0.4) is 0 Å². The number of benzene rings is 1. The number of hydrogen-bond donors (Lipinski definition) is 1. The summed E-state index contributed by atoms with van der Waals surface area (Å²) in [6, 6.07) is 12.0.